The Kier molecular flexibility index (Phi) is 6.10. The van der Waals surface area contributed by atoms with Crippen LogP contribution in [0.2, 0.25) is 5.02 Å². The van der Waals surface area contributed by atoms with Crippen molar-refractivity contribution in [3.8, 4) is 22.9 Å². The number of amides is 1. The van der Waals surface area contributed by atoms with Crippen LogP contribution in [0.25, 0.3) is 22.3 Å². The van der Waals surface area contributed by atoms with Crippen LogP contribution in [-0.4, -0.2) is 54.3 Å². The molecule has 6 rings (SSSR count). The van der Waals surface area contributed by atoms with Crippen molar-refractivity contribution >= 4 is 39.9 Å². The third-order valence-electron chi connectivity index (χ3n) is 6.70. The molecule has 1 fully saturated rings. The van der Waals surface area contributed by atoms with E-state index in [9.17, 15) is 4.79 Å². The summed E-state index contributed by atoms with van der Waals surface area (Å²) in [7, 11) is 3.13. The third-order valence-corrected chi connectivity index (χ3v) is 7.00. The molecule has 3 N–H and O–H groups in total. The summed E-state index contributed by atoms with van der Waals surface area (Å²) in [5.74, 6) is 0.749. The van der Waals surface area contributed by atoms with Crippen LogP contribution < -0.4 is 20.1 Å². The first-order valence-corrected chi connectivity index (χ1v) is 12.5. The number of methoxy groups -OCH3 is 2. The number of nitrogens with zero attached hydrogens (tertiary/aromatic N) is 2. The molecule has 0 bridgehead atoms. The largest absolute Gasteiger partial charge is 0.493 e. The van der Waals surface area contributed by atoms with E-state index in [0.29, 0.717) is 69.6 Å². The summed E-state index contributed by atoms with van der Waals surface area (Å²) in [5, 5.41) is 6.93. The fourth-order valence-electron chi connectivity index (χ4n) is 4.70. The highest BCUT2D eigenvalue weighted by atomic mass is 35.5. The van der Waals surface area contributed by atoms with Crippen molar-refractivity contribution in [2.24, 2.45) is 0 Å². The van der Waals surface area contributed by atoms with Gasteiger partial charge in [0, 0.05) is 36.0 Å². The average molecular weight is 520 g/mol. The lowest BCUT2D eigenvalue weighted by molar-refractivity contribution is 0.0869. The van der Waals surface area contributed by atoms with Crippen molar-refractivity contribution < 1.29 is 19.0 Å². The van der Waals surface area contributed by atoms with Gasteiger partial charge in [0.1, 0.15) is 5.52 Å². The van der Waals surface area contributed by atoms with Gasteiger partial charge in [0.05, 0.1) is 60.1 Å². The van der Waals surface area contributed by atoms with Crippen molar-refractivity contribution in [3.05, 3.63) is 58.9 Å². The number of carbonyl (C=O) groups is 1. The minimum Gasteiger partial charge on any atom is -0.493 e. The first-order chi connectivity index (χ1) is 18.1. The normalized spacial score (nSPS) is 16.8. The van der Waals surface area contributed by atoms with Gasteiger partial charge in [-0.15, -0.1) is 0 Å². The van der Waals surface area contributed by atoms with Crippen LogP contribution in [0, 0.1) is 0 Å². The molecule has 9 nitrogen and oxygen atoms in total. The van der Waals surface area contributed by atoms with E-state index in [1.807, 2.05) is 24.3 Å². The molecule has 1 aliphatic heterocycles. The molecule has 1 saturated carbocycles. The first-order valence-electron chi connectivity index (χ1n) is 12.1. The van der Waals surface area contributed by atoms with Gasteiger partial charge in [0.25, 0.3) is 5.91 Å². The number of pyridine rings is 2. The number of carbonyl (C=O) groups excluding carboxylic acids is 1. The van der Waals surface area contributed by atoms with Crippen molar-refractivity contribution in [2.45, 2.75) is 24.9 Å². The fraction of sp³-hybridized carbons (Fsp3) is 0.296. The molecule has 0 unspecified atom stereocenters. The Morgan fingerprint density at radius 1 is 1.14 bits per heavy atom. The second-order valence-electron chi connectivity index (χ2n) is 9.13. The monoisotopic (exact) mass is 519 g/mol. The SMILES string of the molecule is COc1ccc2nccc(-c3[nH]c4c(c3Nc3cccc(Cl)c3OC)C(=O)NC[C@@H]4COC3CC3)c2n1. The number of fused-ring (bicyclic) bond motifs is 2. The Morgan fingerprint density at radius 3 is 2.78 bits per heavy atom. The molecular weight excluding hydrogens is 494 g/mol. The maximum atomic E-state index is 13.3. The molecule has 1 aliphatic carbocycles. The molecule has 0 spiro atoms. The summed E-state index contributed by atoms with van der Waals surface area (Å²) >= 11 is 6.41. The maximum absolute atomic E-state index is 13.3. The zero-order chi connectivity index (χ0) is 25.5. The van der Waals surface area contributed by atoms with E-state index in [0.717, 1.165) is 24.1 Å². The maximum Gasteiger partial charge on any atom is 0.255 e. The molecule has 0 radical (unpaired) electrons. The van der Waals surface area contributed by atoms with Crippen LogP contribution in [0.15, 0.2) is 42.6 Å². The van der Waals surface area contributed by atoms with Gasteiger partial charge in [-0.05, 0) is 37.1 Å². The fourth-order valence-corrected chi connectivity index (χ4v) is 4.95. The van der Waals surface area contributed by atoms with Gasteiger partial charge in [-0.2, -0.15) is 0 Å². The highest BCUT2D eigenvalue weighted by Gasteiger charge is 2.35. The van der Waals surface area contributed by atoms with Crippen LogP contribution in [0.3, 0.4) is 0 Å². The second-order valence-corrected chi connectivity index (χ2v) is 9.54. The summed E-state index contributed by atoms with van der Waals surface area (Å²) in [6.45, 7) is 1.00. The van der Waals surface area contributed by atoms with Crippen LogP contribution in [0.5, 0.6) is 11.6 Å². The Hall–Kier alpha value is -3.82. The van der Waals surface area contributed by atoms with Gasteiger partial charge in [-0.1, -0.05) is 17.7 Å². The molecule has 1 amide bonds. The number of halogens is 1. The van der Waals surface area contributed by atoms with Crippen molar-refractivity contribution in [2.75, 3.05) is 32.7 Å². The molecule has 0 saturated heterocycles. The van der Waals surface area contributed by atoms with E-state index in [1.165, 1.54) is 0 Å². The lowest BCUT2D eigenvalue weighted by Gasteiger charge is -2.24. The summed E-state index contributed by atoms with van der Waals surface area (Å²) in [6, 6.07) is 10.9. The summed E-state index contributed by atoms with van der Waals surface area (Å²) in [5.41, 5.74) is 5.40. The van der Waals surface area contributed by atoms with E-state index in [4.69, 9.17) is 25.8 Å². The molecule has 37 heavy (non-hydrogen) atoms. The Balaban J connectivity index is 1.55. The summed E-state index contributed by atoms with van der Waals surface area (Å²) in [6.07, 6.45) is 4.20. The Labute approximate surface area is 218 Å². The first kappa shape index (κ1) is 23.6. The van der Waals surface area contributed by atoms with Gasteiger partial charge < -0.3 is 29.8 Å². The predicted molar refractivity (Wildman–Crippen MR) is 141 cm³/mol. The minimum absolute atomic E-state index is 0.0283. The number of anilines is 2. The standard InChI is InChI=1S/C27H26ClN5O4/c1-35-20-9-8-18-23(32-20)16(10-11-29-18)24-25(31-19-5-3-4-17(28)26(19)36-2)21-22(33-24)14(12-30-27(21)34)13-37-15-6-7-15/h3-5,8-11,14-15,31,33H,6-7,12-13H2,1-2H3,(H,30,34)/t14-/m1/s1. The zero-order valence-corrected chi connectivity index (χ0v) is 21.2. The topological polar surface area (TPSA) is 110 Å². The van der Waals surface area contributed by atoms with Crippen LogP contribution in [-0.2, 0) is 4.74 Å². The summed E-state index contributed by atoms with van der Waals surface area (Å²) < 4.78 is 17.0. The highest BCUT2D eigenvalue weighted by molar-refractivity contribution is 6.32. The van der Waals surface area contributed by atoms with Gasteiger partial charge in [0.2, 0.25) is 5.88 Å². The van der Waals surface area contributed by atoms with Gasteiger partial charge in [-0.3, -0.25) is 9.78 Å². The third kappa shape index (κ3) is 4.34. The van der Waals surface area contributed by atoms with E-state index >= 15 is 0 Å². The number of hydrogen-bond donors (Lipinski definition) is 3. The van der Waals surface area contributed by atoms with Gasteiger partial charge in [-0.25, -0.2) is 4.98 Å². The van der Waals surface area contributed by atoms with E-state index < -0.39 is 0 Å². The van der Waals surface area contributed by atoms with Crippen LogP contribution >= 0.6 is 11.6 Å². The number of hydrogen-bond acceptors (Lipinski definition) is 7. The average Bonchev–Trinajstić information content (AvgIpc) is 3.67. The second kappa shape index (κ2) is 9.57. The number of nitrogens with one attached hydrogen (secondary N) is 3. The predicted octanol–water partition coefficient (Wildman–Crippen LogP) is 5.05. The molecule has 10 heteroatoms. The number of benzene rings is 1. The van der Waals surface area contributed by atoms with Crippen molar-refractivity contribution in [1.29, 1.82) is 0 Å². The van der Waals surface area contributed by atoms with E-state index in [2.05, 4.69) is 25.6 Å². The number of aromatic nitrogens is 3. The highest BCUT2D eigenvalue weighted by Crippen LogP contribution is 2.44. The smallest absolute Gasteiger partial charge is 0.255 e. The number of aromatic amines is 1. The molecule has 1 aromatic carbocycles. The van der Waals surface area contributed by atoms with E-state index in [-0.39, 0.29) is 11.8 Å². The molecule has 190 valence electrons. The minimum atomic E-state index is -0.174. The molecule has 2 aliphatic rings. The molecule has 4 heterocycles. The molecular formula is C27H26ClN5O4. The zero-order valence-electron chi connectivity index (χ0n) is 20.4. The van der Waals surface area contributed by atoms with Gasteiger partial charge >= 0.3 is 0 Å². The number of H-pyrrole nitrogens is 1. The molecule has 3 aromatic heterocycles. The molecule has 4 aromatic rings. The number of para-hydroxylation sites is 1. The lowest BCUT2D eigenvalue weighted by Crippen LogP contribution is -2.36. The quantitative estimate of drug-likeness (QED) is 0.299. The van der Waals surface area contributed by atoms with Crippen LogP contribution in [0.1, 0.15) is 34.8 Å². The van der Waals surface area contributed by atoms with Crippen molar-refractivity contribution in [3.63, 3.8) is 0 Å². The van der Waals surface area contributed by atoms with E-state index in [1.54, 1.807) is 32.5 Å². The summed E-state index contributed by atoms with van der Waals surface area (Å²) in [4.78, 5) is 26.0. The van der Waals surface area contributed by atoms with Gasteiger partial charge in [0.15, 0.2) is 5.75 Å². The number of ether oxygens (including phenoxy) is 3. The Morgan fingerprint density at radius 2 is 2.00 bits per heavy atom. The van der Waals surface area contributed by atoms with Crippen molar-refractivity contribution in [1.82, 2.24) is 20.3 Å². The number of rotatable bonds is 8. The molecule has 1 atom stereocenters. The van der Waals surface area contributed by atoms with Crippen LogP contribution in [0.4, 0.5) is 11.4 Å². The Bertz CT molecular complexity index is 1500. The lowest BCUT2D eigenvalue weighted by atomic mass is 9.96.